The first-order valence-electron chi connectivity index (χ1n) is 7.37. The van der Waals surface area contributed by atoms with Gasteiger partial charge in [-0.15, -0.1) is 0 Å². The van der Waals surface area contributed by atoms with Crippen molar-refractivity contribution in [2.45, 2.75) is 0 Å². The van der Waals surface area contributed by atoms with Gasteiger partial charge >= 0.3 is 0 Å². The van der Waals surface area contributed by atoms with Crippen LogP contribution >= 0.6 is 0 Å². The van der Waals surface area contributed by atoms with Crippen molar-refractivity contribution in [3.05, 3.63) is 71.8 Å². The van der Waals surface area contributed by atoms with Crippen molar-refractivity contribution in [2.75, 3.05) is 13.2 Å². The monoisotopic (exact) mass is 326 g/mol. The van der Waals surface area contributed by atoms with Gasteiger partial charge in [-0.2, -0.15) is 0 Å². The van der Waals surface area contributed by atoms with E-state index in [1.54, 1.807) is 23.7 Å². The van der Waals surface area contributed by atoms with E-state index in [4.69, 9.17) is 9.94 Å². The van der Waals surface area contributed by atoms with Gasteiger partial charge in [0, 0.05) is 11.6 Å². The third-order valence-corrected chi connectivity index (χ3v) is 3.11. The Morgan fingerprint density at radius 1 is 1.04 bits per heavy atom. The molecule has 0 fully saturated rings. The van der Waals surface area contributed by atoms with Crippen LogP contribution in [0.15, 0.2) is 60.7 Å². The van der Waals surface area contributed by atoms with Crippen molar-refractivity contribution >= 4 is 17.9 Å². The third-order valence-electron chi connectivity index (χ3n) is 3.11. The Bertz CT molecular complexity index is 697. The summed E-state index contributed by atoms with van der Waals surface area (Å²) in [6, 6.07) is 15.8. The van der Waals surface area contributed by atoms with Crippen LogP contribution in [0.25, 0.3) is 6.08 Å². The van der Waals surface area contributed by atoms with E-state index in [0.717, 1.165) is 5.56 Å². The quantitative estimate of drug-likeness (QED) is 0.314. The van der Waals surface area contributed by atoms with E-state index >= 15 is 0 Å². The molecule has 0 spiro atoms. The van der Waals surface area contributed by atoms with Crippen molar-refractivity contribution in [1.82, 2.24) is 10.8 Å². The second kappa shape index (κ2) is 9.12. The number of amides is 2. The van der Waals surface area contributed by atoms with Crippen LogP contribution in [-0.4, -0.2) is 30.2 Å². The summed E-state index contributed by atoms with van der Waals surface area (Å²) in [4.78, 5) is 22.8. The van der Waals surface area contributed by atoms with Crippen molar-refractivity contribution in [3.63, 3.8) is 0 Å². The van der Waals surface area contributed by atoms with Crippen molar-refractivity contribution in [1.29, 1.82) is 0 Å². The van der Waals surface area contributed by atoms with Crippen molar-refractivity contribution in [3.8, 4) is 5.75 Å². The maximum atomic E-state index is 11.7. The van der Waals surface area contributed by atoms with Gasteiger partial charge in [0.2, 0.25) is 5.91 Å². The van der Waals surface area contributed by atoms with Crippen LogP contribution < -0.4 is 15.5 Å². The van der Waals surface area contributed by atoms with Gasteiger partial charge < -0.3 is 10.1 Å². The zero-order valence-electron chi connectivity index (χ0n) is 12.9. The first kappa shape index (κ1) is 17.2. The van der Waals surface area contributed by atoms with Gasteiger partial charge in [0.15, 0.2) is 0 Å². The third kappa shape index (κ3) is 5.58. The lowest BCUT2D eigenvalue weighted by Gasteiger charge is -2.07. The second-order valence-electron chi connectivity index (χ2n) is 4.85. The molecule has 2 aromatic rings. The molecule has 24 heavy (non-hydrogen) atoms. The largest absolute Gasteiger partial charge is 0.492 e. The Balaban J connectivity index is 1.70. The molecule has 3 N–H and O–H groups in total. The molecule has 0 aliphatic rings. The molecular weight excluding hydrogens is 308 g/mol. The summed E-state index contributed by atoms with van der Waals surface area (Å²) in [6.07, 6.45) is 3.21. The predicted molar refractivity (Wildman–Crippen MR) is 89.7 cm³/mol. The highest BCUT2D eigenvalue weighted by molar-refractivity contribution is 5.93. The van der Waals surface area contributed by atoms with E-state index in [9.17, 15) is 9.59 Å². The summed E-state index contributed by atoms with van der Waals surface area (Å²) in [7, 11) is 0. The van der Waals surface area contributed by atoms with Crippen LogP contribution in [0.1, 0.15) is 15.9 Å². The fourth-order valence-corrected chi connectivity index (χ4v) is 1.91. The number of ether oxygens (including phenoxy) is 1. The zero-order chi connectivity index (χ0) is 17.2. The molecule has 0 unspecified atom stereocenters. The van der Waals surface area contributed by atoms with Crippen LogP contribution in [0.4, 0.5) is 0 Å². The van der Waals surface area contributed by atoms with Crippen LogP contribution in [0.5, 0.6) is 5.75 Å². The highest BCUT2D eigenvalue weighted by atomic mass is 16.5. The molecule has 0 saturated heterocycles. The molecule has 0 atom stereocenters. The molecule has 2 aromatic carbocycles. The lowest BCUT2D eigenvalue weighted by Crippen LogP contribution is -2.26. The molecule has 6 nitrogen and oxygen atoms in total. The Morgan fingerprint density at radius 2 is 1.75 bits per heavy atom. The molecule has 2 rings (SSSR count). The number of hydrogen-bond acceptors (Lipinski definition) is 4. The fraction of sp³-hybridized carbons (Fsp3) is 0.111. The smallest absolute Gasteiger partial charge is 0.274 e. The maximum Gasteiger partial charge on any atom is 0.274 e. The predicted octanol–water partition coefficient (Wildman–Crippen LogP) is 2.01. The molecular formula is C18H18N2O4. The minimum absolute atomic E-state index is 0.197. The summed E-state index contributed by atoms with van der Waals surface area (Å²) in [5.41, 5.74) is 2.83. The van der Waals surface area contributed by atoms with Gasteiger partial charge in [-0.3, -0.25) is 14.8 Å². The number of nitrogens with one attached hydrogen (secondary N) is 2. The standard InChI is InChI=1S/C18H18N2O4/c21-17(11-6-14-4-2-1-3-5-14)19-12-13-24-16-9-7-15(8-10-16)18(22)20-23/h1-11,23H,12-13H2,(H,19,21)(H,20,22)/b11-6+. The molecule has 124 valence electrons. The first-order chi connectivity index (χ1) is 11.7. The van der Waals surface area contributed by atoms with E-state index in [1.807, 2.05) is 30.3 Å². The Hall–Kier alpha value is -3.12. The van der Waals surface area contributed by atoms with Crippen LogP contribution in [0.2, 0.25) is 0 Å². The topological polar surface area (TPSA) is 87.7 Å². The van der Waals surface area contributed by atoms with E-state index in [-0.39, 0.29) is 5.91 Å². The highest BCUT2D eigenvalue weighted by Gasteiger charge is 2.03. The minimum Gasteiger partial charge on any atom is -0.492 e. The molecule has 6 heteroatoms. The van der Waals surface area contributed by atoms with Gasteiger partial charge in [0.1, 0.15) is 12.4 Å². The number of hydroxylamine groups is 1. The second-order valence-corrected chi connectivity index (χ2v) is 4.85. The normalized spacial score (nSPS) is 10.4. The Morgan fingerprint density at radius 3 is 2.42 bits per heavy atom. The number of hydrogen-bond donors (Lipinski definition) is 3. The van der Waals surface area contributed by atoms with Crippen LogP contribution in [0, 0.1) is 0 Å². The van der Waals surface area contributed by atoms with Gasteiger partial charge in [-0.25, -0.2) is 5.48 Å². The van der Waals surface area contributed by atoms with Gasteiger partial charge in [-0.1, -0.05) is 30.3 Å². The molecule has 0 radical (unpaired) electrons. The molecule has 0 aliphatic heterocycles. The number of carbonyl (C=O) groups excluding carboxylic acids is 2. The zero-order valence-corrected chi connectivity index (χ0v) is 12.9. The average molecular weight is 326 g/mol. The summed E-state index contributed by atoms with van der Waals surface area (Å²) in [6.45, 7) is 0.660. The SMILES string of the molecule is O=C(/C=C/c1ccccc1)NCCOc1ccc(C(=O)NO)cc1. The lowest BCUT2D eigenvalue weighted by molar-refractivity contribution is -0.116. The fourth-order valence-electron chi connectivity index (χ4n) is 1.91. The molecule has 2 amide bonds. The number of rotatable bonds is 7. The molecule has 0 saturated carbocycles. The molecule has 0 bridgehead atoms. The van der Waals surface area contributed by atoms with Crippen molar-refractivity contribution < 1.29 is 19.5 Å². The summed E-state index contributed by atoms with van der Waals surface area (Å²) >= 11 is 0. The van der Waals surface area contributed by atoms with Gasteiger partial charge in [0.05, 0.1) is 6.54 Å². The van der Waals surface area contributed by atoms with Gasteiger partial charge in [0.25, 0.3) is 5.91 Å². The van der Waals surface area contributed by atoms with Gasteiger partial charge in [-0.05, 0) is 35.9 Å². The summed E-state index contributed by atoms with van der Waals surface area (Å²) in [5, 5.41) is 11.2. The number of carbonyl (C=O) groups is 2. The first-order valence-corrected chi connectivity index (χ1v) is 7.37. The number of benzene rings is 2. The lowest BCUT2D eigenvalue weighted by atomic mass is 10.2. The van der Waals surface area contributed by atoms with E-state index < -0.39 is 5.91 Å². The van der Waals surface area contributed by atoms with Crippen LogP contribution in [0.3, 0.4) is 0 Å². The highest BCUT2D eigenvalue weighted by Crippen LogP contribution is 2.11. The summed E-state index contributed by atoms with van der Waals surface area (Å²) in [5.74, 6) is -0.213. The average Bonchev–Trinajstić information content (AvgIpc) is 2.64. The van der Waals surface area contributed by atoms with Crippen molar-refractivity contribution in [2.24, 2.45) is 0 Å². The Labute approximate surface area is 139 Å². The maximum absolute atomic E-state index is 11.7. The summed E-state index contributed by atoms with van der Waals surface area (Å²) < 4.78 is 5.45. The van der Waals surface area contributed by atoms with E-state index in [1.165, 1.54) is 18.2 Å². The van der Waals surface area contributed by atoms with E-state index in [0.29, 0.717) is 24.5 Å². The van der Waals surface area contributed by atoms with Crippen LogP contribution in [-0.2, 0) is 4.79 Å². The Kier molecular flexibility index (Phi) is 6.55. The molecule has 0 aliphatic carbocycles. The van der Waals surface area contributed by atoms with E-state index in [2.05, 4.69) is 5.32 Å². The molecule has 0 aromatic heterocycles. The minimum atomic E-state index is -0.584. The molecule has 0 heterocycles.